The third-order valence-electron chi connectivity index (χ3n) is 2.39. The van der Waals surface area contributed by atoms with Crippen LogP contribution in [0.5, 0.6) is 0 Å². The Labute approximate surface area is 117 Å². The molecular weight excluding hydrogens is 268 g/mol. The van der Waals surface area contributed by atoms with Crippen molar-refractivity contribution in [3.8, 4) is 0 Å². The van der Waals surface area contributed by atoms with Gasteiger partial charge in [0, 0.05) is 17.8 Å². The molecule has 2 unspecified atom stereocenters. The molecule has 19 heavy (non-hydrogen) atoms. The highest BCUT2D eigenvalue weighted by atomic mass is 32.2. The van der Waals surface area contributed by atoms with Gasteiger partial charge in [-0.3, -0.25) is 0 Å². The van der Waals surface area contributed by atoms with Crippen LogP contribution >= 0.6 is 12.0 Å². The summed E-state index contributed by atoms with van der Waals surface area (Å²) in [6.07, 6.45) is 1.02. The fourth-order valence-electron chi connectivity index (χ4n) is 1.33. The molecule has 0 aromatic rings. The van der Waals surface area contributed by atoms with Gasteiger partial charge in [0.1, 0.15) is 6.10 Å². The first-order valence-corrected chi connectivity index (χ1v) is 6.73. The molecule has 1 saturated heterocycles. The summed E-state index contributed by atoms with van der Waals surface area (Å²) >= 11 is 0.856. The summed E-state index contributed by atoms with van der Waals surface area (Å²) in [4.78, 5) is 22.8. The summed E-state index contributed by atoms with van der Waals surface area (Å²) in [6, 6.07) is 0. The van der Waals surface area contributed by atoms with Crippen LogP contribution in [0.15, 0.2) is 24.3 Å². The molecule has 0 aromatic heterocycles. The van der Waals surface area contributed by atoms with E-state index < -0.39 is 23.5 Å². The molecule has 6 heteroatoms. The molecule has 106 valence electrons. The van der Waals surface area contributed by atoms with E-state index in [0.717, 1.165) is 18.5 Å². The maximum atomic E-state index is 11.5. The van der Waals surface area contributed by atoms with Crippen molar-refractivity contribution in [1.29, 1.82) is 0 Å². The Balaban J connectivity index is 2.52. The second-order valence-corrected chi connectivity index (χ2v) is 5.18. The van der Waals surface area contributed by atoms with Crippen molar-refractivity contribution >= 4 is 24.0 Å². The van der Waals surface area contributed by atoms with E-state index in [0.29, 0.717) is 24.2 Å². The lowest BCUT2D eigenvalue weighted by Crippen LogP contribution is -2.36. The lowest BCUT2D eigenvalue weighted by atomic mass is 10.2. The van der Waals surface area contributed by atoms with Crippen molar-refractivity contribution in [2.75, 3.05) is 6.61 Å². The van der Waals surface area contributed by atoms with Gasteiger partial charge in [0.25, 0.3) is 0 Å². The molecule has 0 saturated carbocycles. The highest BCUT2D eigenvalue weighted by molar-refractivity contribution is 7.95. The van der Waals surface area contributed by atoms with E-state index in [1.54, 1.807) is 13.8 Å². The molecule has 1 rings (SSSR count). The summed E-state index contributed by atoms with van der Waals surface area (Å²) in [5.74, 6) is -0.975. The van der Waals surface area contributed by atoms with Crippen LogP contribution in [0.1, 0.15) is 26.7 Å². The minimum absolute atomic E-state index is 0.304. The molecule has 1 heterocycles. The highest BCUT2D eigenvalue weighted by Crippen LogP contribution is 2.28. The molecule has 0 N–H and O–H groups in total. The van der Waals surface area contributed by atoms with Crippen molar-refractivity contribution in [2.45, 2.75) is 38.2 Å². The Morgan fingerprint density at radius 3 is 2.42 bits per heavy atom. The third-order valence-corrected chi connectivity index (χ3v) is 3.27. The van der Waals surface area contributed by atoms with E-state index in [1.165, 1.54) is 0 Å². The zero-order valence-corrected chi connectivity index (χ0v) is 12.0. The fourth-order valence-corrected chi connectivity index (χ4v) is 2.12. The summed E-state index contributed by atoms with van der Waals surface area (Å²) < 4.78 is 15.7. The van der Waals surface area contributed by atoms with Gasteiger partial charge in [-0.25, -0.2) is 9.59 Å². The lowest BCUT2D eigenvalue weighted by Gasteiger charge is -2.29. The quantitative estimate of drug-likeness (QED) is 0.439. The van der Waals surface area contributed by atoms with Gasteiger partial charge in [-0.1, -0.05) is 13.2 Å². The third kappa shape index (κ3) is 5.08. The van der Waals surface area contributed by atoms with Gasteiger partial charge >= 0.3 is 11.9 Å². The van der Waals surface area contributed by atoms with E-state index in [1.807, 2.05) is 0 Å². The van der Waals surface area contributed by atoms with Crippen LogP contribution in [0.4, 0.5) is 0 Å². The Hall–Kier alpha value is -1.27. The second kappa shape index (κ2) is 7.35. The summed E-state index contributed by atoms with van der Waals surface area (Å²) in [5, 5.41) is 0. The van der Waals surface area contributed by atoms with Crippen molar-refractivity contribution in [2.24, 2.45) is 0 Å². The van der Waals surface area contributed by atoms with E-state index in [4.69, 9.17) is 13.7 Å². The lowest BCUT2D eigenvalue weighted by molar-refractivity contribution is -0.152. The number of carbonyl (C=O) groups is 2. The number of ether oxygens (including phenoxy) is 2. The van der Waals surface area contributed by atoms with Crippen LogP contribution in [0, 0.1) is 0 Å². The molecule has 5 nitrogen and oxygen atoms in total. The van der Waals surface area contributed by atoms with E-state index in [2.05, 4.69) is 13.2 Å². The minimum Gasteiger partial charge on any atom is -0.455 e. The Morgan fingerprint density at radius 1 is 1.21 bits per heavy atom. The van der Waals surface area contributed by atoms with Crippen molar-refractivity contribution in [3.63, 3.8) is 0 Å². The summed E-state index contributed by atoms with van der Waals surface area (Å²) in [5.41, 5.74) is 0.118. The van der Waals surface area contributed by atoms with Crippen LogP contribution in [0.3, 0.4) is 0 Å². The summed E-state index contributed by atoms with van der Waals surface area (Å²) in [6.45, 7) is 10.7. The van der Waals surface area contributed by atoms with E-state index >= 15 is 0 Å². The number of hydrogen-bond donors (Lipinski definition) is 0. The van der Waals surface area contributed by atoms with Gasteiger partial charge in [0.05, 0.1) is 12.0 Å². The number of hydrogen-bond acceptors (Lipinski definition) is 6. The topological polar surface area (TPSA) is 61.8 Å². The molecule has 0 bridgehead atoms. The smallest absolute Gasteiger partial charge is 0.345 e. The average Bonchev–Trinajstić information content (AvgIpc) is 2.36. The first-order chi connectivity index (χ1) is 8.91. The monoisotopic (exact) mass is 286 g/mol. The standard InChI is InChI=1S/C13H18O5S/c1-8(2)11(14)17-10-6-5-7-16-13(10)19-18-12(15)9(3)4/h10,13H,1,3,5-7H2,2,4H3. The van der Waals surface area contributed by atoms with E-state index in [9.17, 15) is 9.59 Å². The molecular formula is C13H18O5S. The second-order valence-electron chi connectivity index (χ2n) is 4.35. The zero-order valence-electron chi connectivity index (χ0n) is 11.1. The number of rotatable bonds is 5. The van der Waals surface area contributed by atoms with Crippen LogP contribution in [0.2, 0.25) is 0 Å². The predicted octanol–water partition coefficient (Wildman–Crippen LogP) is 2.38. The van der Waals surface area contributed by atoms with Gasteiger partial charge < -0.3 is 13.7 Å². The molecule has 0 spiro atoms. The molecule has 0 amide bonds. The minimum atomic E-state index is -0.514. The van der Waals surface area contributed by atoms with Gasteiger partial charge in [-0.15, -0.1) is 0 Å². The molecule has 1 fully saturated rings. The fraction of sp³-hybridized carbons (Fsp3) is 0.538. The van der Waals surface area contributed by atoms with Gasteiger partial charge in [0.2, 0.25) is 0 Å². The highest BCUT2D eigenvalue weighted by Gasteiger charge is 2.32. The number of esters is 1. The summed E-state index contributed by atoms with van der Waals surface area (Å²) in [7, 11) is 0. The van der Waals surface area contributed by atoms with Gasteiger partial charge in [0.15, 0.2) is 5.44 Å². The molecule has 0 aliphatic carbocycles. The van der Waals surface area contributed by atoms with E-state index in [-0.39, 0.29) is 0 Å². The van der Waals surface area contributed by atoms with Gasteiger partial charge in [-0.05, 0) is 26.7 Å². The molecule has 1 aliphatic heterocycles. The van der Waals surface area contributed by atoms with Crippen molar-refractivity contribution < 1.29 is 23.2 Å². The van der Waals surface area contributed by atoms with Gasteiger partial charge in [-0.2, -0.15) is 0 Å². The van der Waals surface area contributed by atoms with Crippen LogP contribution < -0.4 is 0 Å². The van der Waals surface area contributed by atoms with Crippen LogP contribution in [-0.4, -0.2) is 30.1 Å². The molecule has 0 aromatic carbocycles. The molecule has 1 aliphatic rings. The zero-order chi connectivity index (χ0) is 14.4. The van der Waals surface area contributed by atoms with Crippen LogP contribution in [-0.2, 0) is 23.2 Å². The molecule has 2 atom stereocenters. The van der Waals surface area contributed by atoms with Crippen LogP contribution in [0.25, 0.3) is 0 Å². The predicted molar refractivity (Wildman–Crippen MR) is 72.2 cm³/mol. The number of carbonyl (C=O) groups excluding carboxylic acids is 2. The van der Waals surface area contributed by atoms with Crippen molar-refractivity contribution in [1.82, 2.24) is 0 Å². The SMILES string of the molecule is C=C(C)C(=O)OSC1OCCCC1OC(=O)C(=C)C. The Bertz CT molecular complexity index is 390. The van der Waals surface area contributed by atoms with Crippen molar-refractivity contribution in [3.05, 3.63) is 24.3 Å². The maximum absolute atomic E-state index is 11.5. The first kappa shape index (κ1) is 15.8. The largest absolute Gasteiger partial charge is 0.455 e. The maximum Gasteiger partial charge on any atom is 0.345 e. The Kier molecular flexibility index (Phi) is 6.11. The first-order valence-electron chi connectivity index (χ1n) is 5.93. The molecule has 0 radical (unpaired) electrons. The average molecular weight is 286 g/mol. The normalized spacial score (nSPS) is 22.4. The Morgan fingerprint density at radius 2 is 1.84 bits per heavy atom.